The molecule has 2 atom stereocenters. The van der Waals surface area contributed by atoms with Crippen molar-refractivity contribution >= 4 is 5.97 Å². The summed E-state index contributed by atoms with van der Waals surface area (Å²) >= 11 is 0. The average molecular weight is 243 g/mol. The van der Waals surface area contributed by atoms with Gasteiger partial charge in [-0.3, -0.25) is 4.79 Å². The highest BCUT2D eigenvalue weighted by Gasteiger charge is 2.20. The van der Waals surface area contributed by atoms with Gasteiger partial charge in [-0.25, -0.2) is 0 Å². The fraction of sp³-hybridized carbons (Fsp3) is 0.929. The summed E-state index contributed by atoms with van der Waals surface area (Å²) in [5, 5.41) is 0. The quantitative estimate of drug-likeness (QED) is 0.473. The summed E-state index contributed by atoms with van der Waals surface area (Å²) in [6.07, 6.45) is 8.11. The van der Waals surface area contributed by atoms with Crippen LogP contribution in [0.3, 0.4) is 0 Å². The molecule has 0 fully saturated rings. The van der Waals surface area contributed by atoms with E-state index in [2.05, 4.69) is 6.92 Å². The van der Waals surface area contributed by atoms with E-state index in [4.69, 9.17) is 10.5 Å². The third-order valence-electron chi connectivity index (χ3n) is 3.27. The van der Waals surface area contributed by atoms with Gasteiger partial charge in [0.05, 0.1) is 6.61 Å². The molecule has 0 aromatic carbocycles. The van der Waals surface area contributed by atoms with E-state index in [-0.39, 0.29) is 11.9 Å². The van der Waals surface area contributed by atoms with Crippen molar-refractivity contribution < 1.29 is 9.53 Å². The van der Waals surface area contributed by atoms with Crippen LogP contribution in [0.1, 0.15) is 65.7 Å². The summed E-state index contributed by atoms with van der Waals surface area (Å²) in [7, 11) is 0. The highest BCUT2D eigenvalue weighted by molar-refractivity contribution is 5.75. The first-order valence-electron chi connectivity index (χ1n) is 7.05. The maximum absolute atomic E-state index is 11.5. The maximum atomic E-state index is 11.5. The molecule has 2 N–H and O–H groups in total. The van der Waals surface area contributed by atoms with Crippen LogP contribution in [0.5, 0.6) is 0 Å². The number of unbranched alkanes of at least 4 members (excludes halogenated alkanes) is 5. The van der Waals surface area contributed by atoms with E-state index in [1.165, 1.54) is 25.7 Å². The van der Waals surface area contributed by atoms with Crippen molar-refractivity contribution in [1.82, 2.24) is 0 Å². The van der Waals surface area contributed by atoms with Gasteiger partial charge < -0.3 is 10.5 Å². The number of carbonyl (C=O) groups is 1. The number of ether oxygens (including phenoxy) is 1. The summed E-state index contributed by atoms with van der Waals surface area (Å²) in [6.45, 7) is 6.75. The molecule has 3 heteroatoms. The lowest BCUT2D eigenvalue weighted by Crippen LogP contribution is -2.38. The van der Waals surface area contributed by atoms with E-state index < -0.39 is 6.04 Å². The van der Waals surface area contributed by atoms with E-state index in [1.54, 1.807) is 0 Å². The van der Waals surface area contributed by atoms with Crippen molar-refractivity contribution in [2.24, 2.45) is 11.7 Å². The Morgan fingerprint density at radius 1 is 1.12 bits per heavy atom. The van der Waals surface area contributed by atoms with Crippen LogP contribution < -0.4 is 5.73 Å². The van der Waals surface area contributed by atoms with Gasteiger partial charge in [-0.05, 0) is 12.3 Å². The second-order valence-corrected chi connectivity index (χ2v) is 4.85. The van der Waals surface area contributed by atoms with Gasteiger partial charge in [-0.1, -0.05) is 59.3 Å². The SMILES string of the molecule is CCCCCCCCOC(=O)[C@@H](N)[C@@H](C)CC. The molecule has 0 rings (SSSR count). The first kappa shape index (κ1) is 16.4. The lowest BCUT2D eigenvalue weighted by Gasteiger charge is -2.16. The largest absolute Gasteiger partial charge is 0.465 e. The van der Waals surface area contributed by atoms with Crippen LogP contribution in [0.2, 0.25) is 0 Å². The fourth-order valence-corrected chi connectivity index (χ4v) is 1.64. The molecule has 0 amide bonds. The Balaban J connectivity index is 3.45. The smallest absolute Gasteiger partial charge is 0.323 e. The zero-order valence-electron chi connectivity index (χ0n) is 11.7. The van der Waals surface area contributed by atoms with Crippen molar-refractivity contribution in [2.45, 2.75) is 71.8 Å². The molecule has 0 aliphatic rings. The molecule has 0 aromatic rings. The third kappa shape index (κ3) is 8.19. The van der Waals surface area contributed by atoms with Crippen LogP contribution in [0.4, 0.5) is 0 Å². The minimum absolute atomic E-state index is 0.201. The Morgan fingerprint density at radius 2 is 1.71 bits per heavy atom. The first-order chi connectivity index (χ1) is 8.13. The molecule has 0 bridgehead atoms. The fourth-order valence-electron chi connectivity index (χ4n) is 1.64. The minimum Gasteiger partial charge on any atom is -0.465 e. The van der Waals surface area contributed by atoms with Gasteiger partial charge in [-0.15, -0.1) is 0 Å². The van der Waals surface area contributed by atoms with Crippen molar-refractivity contribution in [3.63, 3.8) is 0 Å². The average Bonchev–Trinajstić information content (AvgIpc) is 2.35. The number of hydrogen-bond acceptors (Lipinski definition) is 3. The molecular weight excluding hydrogens is 214 g/mol. The van der Waals surface area contributed by atoms with Crippen LogP contribution in [0, 0.1) is 5.92 Å². The molecule has 102 valence electrons. The monoisotopic (exact) mass is 243 g/mol. The molecular formula is C14H29NO2. The van der Waals surface area contributed by atoms with Crippen LogP contribution in [0.25, 0.3) is 0 Å². The summed E-state index contributed by atoms with van der Waals surface area (Å²) in [4.78, 5) is 11.5. The zero-order valence-corrected chi connectivity index (χ0v) is 11.7. The lowest BCUT2D eigenvalue weighted by atomic mass is 10.0. The van der Waals surface area contributed by atoms with E-state index in [9.17, 15) is 4.79 Å². The highest BCUT2D eigenvalue weighted by atomic mass is 16.5. The van der Waals surface area contributed by atoms with Crippen molar-refractivity contribution in [3.05, 3.63) is 0 Å². The molecule has 0 saturated carbocycles. The Hall–Kier alpha value is -0.570. The molecule has 0 aliphatic heterocycles. The standard InChI is InChI=1S/C14H29NO2/c1-4-6-7-8-9-10-11-17-14(16)13(15)12(3)5-2/h12-13H,4-11,15H2,1-3H3/t12-,13-/m0/s1. The number of carbonyl (C=O) groups excluding carboxylic acids is 1. The van der Waals surface area contributed by atoms with E-state index in [0.717, 1.165) is 19.3 Å². The Labute approximate surface area is 106 Å². The molecule has 0 unspecified atom stereocenters. The maximum Gasteiger partial charge on any atom is 0.323 e. The lowest BCUT2D eigenvalue weighted by molar-refractivity contribution is -0.146. The van der Waals surface area contributed by atoms with Crippen LogP contribution in [-0.2, 0) is 9.53 Å². The van der Waals surface area contributed by atoms with E-state index >= 15 is 0 Å². The number of rotatable bonds is 10. The Bertz CT molecular complexity index is 195. The van der Waals surface area contributed by atoms with E-state index in [0.29, 0.717) is 6.61 Å². The van der Waals surface area contributed by atoms with Gasteiger partial charge in [0.2, 0.25) is 0 Å². The molecule has 0 aromatic heterocycles. The van der Waals surface area contributed by atoms with E-state index in [1.807, 2.05) is 13.8 Å². The van der Waals surface area contributed by atoms with Crippen LogP contribution >= 0.6 is 0 Å². The molecule has 3 nitrogen and oxygen atoms in total. The molecule has 0 saturated heterocycles. The molecule has 0 heterocycles. The third-order valence-corrected chi connectivity index (χ3v) is 3.27. The predicted molar refractivity (Wildman–Crippen MR) is 71.8 cm³/mol. The van der Waals surface area contributed by atoms with Crippen molar-refractivity contribution in [3.8, 4) is 0 Å². The first-order valence-corrected chi connectivity index (χ1v) is 7.05. The van der Waals surface area contributed by atoms with Gasteiger partial charge in [0, 0.05) is 0 Å². The topological polar surface area (TPSA) is 52.3 Å². The van der Waals surface area contributed by atoms with Crippen LogP contribution in [-0.4, -0.2) is 18.6 Å². The molecule has 0 aliphatic carbocycles. The summed E-state index contributed by atoms with van der Waals surface area (Å²) in [6, 6.07) is -0.458. The Kier molecular flexibility index (Phi) is 10.2. The molecule has 0 radical (unpaired) electrons. The second kappa shape index (κ2) is 10.6. The number of esters is 1. The van der Waals surface area contributed by atoms with Gasteiger partial charge in [0.15, 0.2) is 0 Å². The predicted octanol–water partition coefficient (Wildman–Crippen LogP) is 3.26. The van der Waals surface area contributed by atoms with Crippen LogP contribution in [0.15, 0.2) is 0 Å². The molecule has 17 heavy (non-hydrogen) atoms. The number of hydrogen-bond donors (Lipinski definition) is 1. The number of nitrogens with two attached hydrogens (primary N) is 1. The summed E-state index contributed by atoms with van der Waals surface area (Å²) in [5.74, 6) is -0.0417. The van der Waals surface area contributed by atoms with Crippen molar-refractivity contribution in [1.29, 1.82) is 0 Å². The summed E-state index contributed by atoms with van der Waals surface area (Å²) in [5.41, 5.74) is 5.78. The Morgan fingerprint density at radius 3 is 2.29 bits per heavy atom. The highest BCUT2D eigenvalue weighted by Crippen LogP contribution is 2.08. The normalized spacial score (nSPS) is 14.4. The van der Waals surface area contributed by atoms with Gasteiger partial charge in [0.1, 0.15) is 6.04 Å². The van der Waals surface area contributed by atoms with Crippen molar-refractivity contribution in [2.75, 3.05) is 6.61 Å². The van der Waals surface area contributed by atoms with Gasteiger partial charge in [0.25, 0.3) is 0 Å². The minimum atomic E-state index is -0.458. The van der Waals surface area contributed by atoms with Gasteiger partial charge >= 0.3 is 5.97 Å². The molecule has 0 spiro atoms. The zero-order chi connectivity index (χ0) is 13.1. The second-order valence-electron chi connectivity index (χ2n) is 4.85. The summed E-state index contributed by atoms with van der Waals surface area (Å²) < 4.78 is 5.17. The van der Waals surface area contributed by atoms with Gasteiger partial charge in [-0.2, -0.15) is 0 Å².